The van der Waals surface area contributed by atoms with Gasteiger partial charge in [0.2, 0.25) is 0 Å². The van der Waals surface area contributed by atoms with Crippen LogP contribution in [0.5, 0.6) is 0 Å². The molecule has 0 heteroatoms. The summed E-state index contributed by atoms with van der Waals surface area (Å²) in [6.07, 6.45) is 10.1. The van der Waals surface area contributed by atoms with Crippen molar-refractivity contribution < 1.29 is 0 Å². The Morgan fingerprint density at radius 1 is 1.21 bits per heavy atom. The highest BCUT2D eigenvalue weighted by atomic mass is 14.4. The molecule has 0 saturated heterocycles. The summed E-state index contributed by atoms with van der Waals surface area (Å²) in [4.78, 5) is 0. The second-order valence-corrected chi connectivity index (χ2v) is 5.53. The van der Waals surface area contributed by atoms with E-state index < -0.39 is 0 Å². The third-order valence-corrected chi connectivity index (χ3v) is 4.90. The lowest BCUT2D eigenvalue weighted by molar-refractivity contribution is 0.0922. The number of hydrogen-bond acceptors (Lipinski definition) is 0. The van der Waals surface area contributed by atoms with E-state index in [4.69, 9.17) is 0 Å². The largest absolute Gasteiger partial charge is 0.0654 e. The Kier molecular flexibility index (Phi) is 4.47. The van der Waals surface area contributed by atoms with Gasteiger partial charge >= 0.3 is 0 Å². The van der Waals surface area contributed by atoms with Gasteiger partial charge < -0.3 is 0 Å². The lowest BCUT2D eigenvalue weighted by Gasteiger charge is -2.40. The van der Waals surface area contributed by atoms with E-state index in [0.29, 0.717) is 5.41 Å². The molecule has 1 rings (SSSR count). The number of hydrogen-bond donors (Lipinski definition) is 0. The molecule has 0 unspecified atom stereocenters. The number of rotatable bonds is 5. The fourth-order valence-corrected chi connectivity index (χ4v) is 3.39. The third kappa shape index (κ3) is 2.32. The lowest BCUT2D eigenvalue weighted by Crippen LogP contribution is -2.32. The predicted octanol–water partition coefficient (Wildman–Crippen LogP) is 5.03. The Hall–Kier alpha value is 0. The average molecular weight is 196 g/mol. The summed E-state index contributed by atoms with van der Waals surface area (Å²) in [5.74, 6) is 1.94. The third-order valence-electron chi connectivity index (χ3n) is 4.90. The van der Waals surface area contributed by atoms with Gasteiger partial charge in [0.1, 0.15) is 0 Å². The Bertz CT molecular complexity index is 155. The van der Waals surface area contributed by atoms with Crippen LogP contribution in [-0.2, 0) is 0 Å². The lowest BCUT2D eigenvalue weighted by atomic mass is 9.65. The van der Waals surface area contributed by atoms with Crippen molar-refractivity contribution >= 4 is 0 Å². The maximum absolute atomic E-state index is 2.54. The van der Waals surface area contributed by atoms with Crippen LogP contribution in [0, 0.1) is 17.3 Å². The van der Waals surface area contributed by atoms with Crippen LogP contribution in [0.1, 0.15) is 72.6 Å². The Labute approximate surface area is 90.5 Å². The summed E-state index contributed by atoms with van der Waals surface area (Å²) in [6, 6.07) is 0. The van der Waals surface area contributed by atoms with E-state index >= 15 is 0 Å². The monoisotopic (exact) mass is 196 g/mol. The second-order valence-electron chi connectivity index (χ2n) is 5.53. The minimum atomic E-state index is 0.631. The van der Waals surface area contributed by atoms with Crippen LogP contribution >= 0.6 is 0 Å². The van der Waals surface area contributed by atoms with Gasteiger partial charge in [0.25, 0.3) is 0 Å². The highest BCUT2D eigenvalue weighted by molar-refractivity contribution is 4.88. The standard InChI is InChI=1S/C14H28/c1-5-9-12(3)14(4,6-2)13-10-7-8-11-13/h12-13H,5-11H2,1-4H3/t12-,14+/m0/s1. The smallest absolute Gasteiger partial charge is 0.0274 e. The predicted molar refractivity (Wildman–Crippen MR) is 64.4 cm³/mol. The highest BCUT2D eigenvalue weighted by Gasteiger charge is 2.38. The molecule has 0 nitrogen and oxygen atoms in total. The van der Waals surface area contributed by atoms with Crippen LogP contribution in [0.2, 0.25) is 0 Å². The molecule has 0 N–H and O–H groups in total. The maximum atomic E-state index is 2.54. The Morgan fingerprint density at radius 3 is 2.21 bits per heavy atom. The van der Waals surface area contributed by atoms with E-state index in [1.807, 2.05) is 0 Å². The second kappa shape index (κ2) is 5.19. The van der Waals surface area contributed by atoms with Crippen LogP contribution in [0.25, 0.3) is 0 Å². The fourth-order valence-electron chi connectivity index (χ4n) is 3.39. The molecule has 0 radical (unpaired) electrons. The first kappa shape index (κ1) is 12.1. The Morgan fingerprint density at radius 2 is 1.79 bits per heavy atom. The van der Waals surface area contributed by atoms with Crippen molar-refractivity contribution in [3.05, 3.63) is 0 Å². The molecule has 1 aliphatic rings. The highest BCUT2D eigenvalue weighted by Crippen LogP contribution is 2.48. The maximum Gasteiger partial charge on any atom is -0.0274 e. The molecular weight excluding hydrogens is 168 g/mol. The van der Waals surface area contributed by atoms with Crippen LogP contribution in [0.15, 0.2) is 0 Å². The molecule has 14 heavy (non-hydrogen) atoms. The van der Waals surface area contributed by atoms with Crippen molar-refractivity contribution in [2.24, 2.45) is 17.3 Å². The molecule has 1 fully saturated rings. The molecule has 0 aliphatic heterocycles. The van der Waals surface area contributed by atoms with Crippen molar-refractivity contribution in [3.63, 3.8) is 0 Å². The molecule has 1 aliphatic carbocycles. The zero-order chi connectivity index (χ0) is 10.6. The first-order chi connectivity index (χ1) is 6.65. The van der Waals surface area contributed by atoms with E-state index in [2.05, 4.69) is 27.7 Å². The molecule has 0 aromatic carbocycles. The molecular formula is C14H28. The molecule has 0 amide bonds. The molecule has 0 heterocycles. The normalized spacial score (nSPS) is 24.9. The molecule has 0 bridgehead atoms. The van der Waals surface area contributed by atoms with E-state index in [9.17, 15) is 0 Å². The van der Waals surface area contributed by atoms with Gasteiger partial charge in [-0.25, -0.2) is 0 Å². The summed E-state index contributed by atoms with van der Waals surface area (Å²) in [5, 5.41) is 0. The van der Waals surface area contributed by atoms with Gasteiger partial charge in [-0.2, -0.15) is 0 Å². The van der Waals surface area contributed by atoms with Gasteiger partial charge in [-0.1, -0.05) is 59.8 Å². The van der Waals surface area contributed by atoms with Gasteiger partial charge in [0.05, 0.1) is 0 Å². The summed E-state index contributed by atoms with van der Waals surface area (Å²) in [6.45, 7) is 9.74. The summed E-state index contributed by atoms with van der Waals surface area (Å²) < 4.78 is 0. The topological polar surface area (TPSA) is 0 Å². The van der Waals surface area contributed by atoms with Crippen LogP contribution < -0.4 is 0 Å². The Balaban J connectivity index is 2.62. The van der Waals surface area contributed by atoms with Crippen LogP contribution in [-0.4, -0.2) is 0 Å². The molecule has 2 atom stereocenters. The summed E-state index contributed by atoms with van der Waals surface area (Å²) in [5.41, 5.74) is 0.631. The van der Waals surface area contributed by atoms with E-state index in [-0.39, 0.29) is 0 Å². The minimum Gasteiger partial charge on any atom is -0.0654 e. The molecule has 84 valence electrons. The molecule has 0 spiro atoms. The average Bonchev–Trinajstić information content (AvgIpc) is 2.70. The van der Waals surface area contributed by atoms with E-state index in [1.165, 1.54) is 44.9 Å². The zero-order valence-electron chi connectivity index (χ0n) is 10.6. The van der Waals surface area contributed by atoms with Gasteiger partial charge in [-0.15, -0.1) is 0 Å². The van der Waals surface area contributed by atoms with Gasteiger partial charge in [-0.3, -0.25) is 0 Å². The van der Waals surface area contributed by atoms with Crippen LogP contribution in [0.4, 0.5) is 0 Å². The quantitative estimate of drug-likeness (QED) is 0.578. The fraction of sp³-hybridized carbons (Fsp3) is 1.00. The minimum absolute atomic E-state index is 0.631. The van der Waals surface area contributed by atoms with Crippen molar-refractivity contribution in [1.82, 2.24) is 0 Å². The molecule has 0 aromatic rings. The van der Waals surface area contributed by atoms with Crippen LogP contribution in [0.3, 0.4) is 0 Å². The molecule has 1 saturated carbocycles. The zero-order valence-corrected chi connectivity index (χ0v) is 10.6. The van der Waals surface area contributed by atoms with Crippen molar-refractivity contribution in [1.29, 1.82) is 0 Å². The first-order valence-electron chi connectivity index (χ1n) is 6.65. The summed E-state index contributed by atoms with van der Waals surface area (Å²) in [7, 11) is 0. The molecule has 0 aromatic heterocycles. The SMILES string of the molecule is CCC[C@H](C)[C@@](C)(CC)C1CCCC1. The van der Waals surface area contributed by atoms with Gasteiger partial charge in [0, 0.05) is 0 Å². The van der Waals surface area contributed by atoms with E-state index in [1.54, 1.807) is 0 Å². The summed E-state index contributed by atoms with van der Waals surface area (Å²) >= 11 is 0. The van der Waals surface area contributed by atoms with E-state index in [0.717, 1.165) is 11.8 Å². The van der Waals surface area contributed by atoms with Crippen molar-refractivity contribution in [2.45, 2.75) is 72.6 Å². The van der Waals surface area contributed by atoms with Crippen molar-refractivity contribution in [2.75, 3.05) is 0 Å². The van der Waals surface area contributed by atoms with Crippen molar-refractivity contribution in [3.8, 4) is 0 Å². The van der Waals surface area contributed by atoms with Gasteiger partial charge in [0.15, 0.2) is 0 Å². The first-order valence-corrected chi connectivity index (χ1v) is 6.65. The van der Waals surface area contributed by atoms with Gasteiger partial charge in [-0.05, 0) is 30.1 Å².